The molecule has 0 saturated carbocycles. The van der Waals surface area contributed by atoms with Gasteiger partial charge in [0.25, 0.3) is 0 Å². The molecule has 2 fully saturated rings. The molecule has 3 rings (SSSR count). The van der Waals surface area contributed by atoms with E-state index >= 15 is 0 Å². The van der Waals surface area contributed by atoms with Crippen LogP contribution in [0.3, 0.4) is 0 Å². The van der Waals surface area contributed by atoms with Crippen molar-refractivity contribution in [1.82, 2.24) is 10.2 Å². The third-order valence-electron chi connectivity index (χ3n) is 4.05. The quantitative estimate of drug-likeness (QED) is 0.819. The summed E-state index contributed by atoms with van der Waals surface area (Å²) >= 11 is 0. The van der Waals surface area contributed by atoms with Gasteiger partial charge in [-0.2, -0.15) is 5.26 Å². The van der Waals surface area contributed by atoms with Gasteiger partial charge >= 0.3 is 6.03 Å². The number of hydrogen-bond donors (Lipinski definition) is 2. The Morgan fingerprint density at radius 1 is 1.35 bits per heavy atom. The van der Waals surface area contributed by atoms with Crippen molar-refractivity contribution in [3.8, 4) is 6.07 Å². The number of carbonyl (C=O) groups is 1. The lowest BCUT2D eigenvalue weighted by atomic mass is 10.1. The standard InChI is InChI=1S/C15H18N4O/c16-9-11-2-1-3-13(8-11)18-15(20)19-7-6-12-4-5-14(10-19)17-12/h1-3,8,12,14,17H,4-7,10H2,(H,18,20). The molecule has 2 atom stereocenters. The zero-order chi connectivity index (χ0) is 13.9. The molecule has 2 aliphatic rings. The Morgan fingerprint density at radius 3 is 3.05 bits per heavy atom. The van der Waals surface area contributed by atoms with Crippen LogP contribution in [0.5, 0.6) is 0 Å². The number of amides is 2. The van der Waals surface area contributed by atoms with Gasteiger partial charge in [-0.05, 0) is 37.5 Å². The fourth-order valence-corrected chi connectivity index (χ4v) is 3.00. The van der Waals surface area contributed by atoms with Crippen LogP contribution in [-0.2, 0) is 0 Å². The van der Waals surface area contributed by atoms with Gasteiger partial charge in [0.15, 0.2) is 0 Å². The first kappa shape index (κ1) is 12.9. The molecular weight excluding hydrogens is 252 g/mol. The minimum Gasteiger partial charge on any atom is -0.323 e. The molecule has 20 heavy (non-hydrogen) atoms. The van der Waals surface area contributed by atoms with E-state index < -0.39 is 0 Å². The van der Waals surface area contributed by atoms with Crippen molar-refractivity contribution in [2.45, 2.75) is 31.3 Å². The van der Waals surface area contributed by atoms with E-state index in [1.54, 1.807) is 24.3 Å². The number of nitriles is 1. The second kappa shape index (κ2) is 5.51. The predicted molar refractivity (Wildman–Crippen MR) is 76.3 cm³/mol. The molecule has 0 radical (unpaired) electrons. The molecule has 104 valence electrons. The van der Waals surface area contributed by atoms with Crippen LogP contribution in [0.4, 0.5) is 10.5 Å². The summed E-state index contributed by atoms with van der Waals surface area (Å²) in [5, 5.41) is 15.3. The average Bonchev–Trinajstić information content (AvgIpc) is 2.78. The Kier molecular flexibility index (Phi) is 3.57. The van der Waals surface area contributed by atoms with Crippen LogP contribution in [0.15, 0.2) is 24.3 Å². The Morgan fingerprint density at radius 2 is 2.20 bits per heavy atom. The molecule has 5 heteroatoms. The highest BCUT2D eigenvalue weighted by molar-refractivity contribution is 5.89. The molecule has 0 spiro atoms. The van der Waals surface area contributed by atoms with Crippen LogP contribution in [0.2, 0.25) is 0 Å². The fourth-order valence-electron chi connectivity index (χ4n) is 3.00. The number of nitrogens with zero attached hydrogens (tertiary/aromatic N) is 2. The van der Waals surface area contributed by atoms with E-state index in [1.165, 1.54) is 6.42 Å². The van der Waals surface area contributed by atoms with Gasteiger partial charge in [-0.1, -0.05) is 6.07 Å². The van der Waals surface area contributed by atoms with Gasteiger partial charge in [-0.3, -0.25) is 0 Å². The molecule has 0 aliphatic carbocycles. The van der Waals surface area contributed by atoms with Gasteiger partial charge in [0.2, 0.25) is 0 Å². The summed E-state index contributed by atoms with van der Waals surface area (Å²) in [4.78, 5) is 14.2. The van der Waals surface area contributed by atoms with Gasteiger partial charge in [0, 0.05) is 30.9 Å². The first-order valence-electron chi connectivity index (χ1n) is 7.07. The number of benzene rings is 1. The molecule has 5 nitrogen and oxygen atoms in total. The maximum Gasteiger partial charge on any atom is 0.321 e. The van der Waals surface area contributed by atoms with E-state index in [1.807, 2.05) is 4.90 Å². The number of anilines is 1. The lowest BCUT2D eigenvalue weighted by molar-refractivity contribution is 0.208. The van der Waals surface area contributed by atoms with Crippen molar-refractivity contribution in [3.05, 3.63) is 29.8 Å². The number of likely N-dealkylation sites (tertiary alicyclic amines) is 1. The molecule has 2 N–H and O–H groups in total. The summed E-state index contributed by atoms with van der Waals surface area (Å²) in [5.74, 6) is 0. The van der Waals surface area contributed by atoms with E-state index in [2.05, 4.69) is 16.7 Å². The summed E-state index contributed by atoms with van der Waals surface area (Å²) in [6.07, 6.45) is 3.39. The van der Waals surface area contributed by atoms with E-state index in [0.717, 1.165) is 25.9 Å². The molecule has 0 aromatic heterocycles. The van der Waals surface area contributed by atoms with E-state index in [9.17, 15) is 4.79 Å². The number of carbonyl (C=O) groups excluding carboxylic acids is 1. The van der Waals surface area contributed by atoms with Gasteiger partial charge < -0.3 is 15.5 Å². The Hall–Kier alpha value is -2.06. The van der Waals surface area contributed by atoms with Gasteiger partial charge in [-0.15, -0.1) is 0 Å². The molecule has 2 unspecified atom stereocenters. The maximum atomic E-state index is 12.3. The van der Waals surface area contributed by atoms with E-state index in [-0.39, 0.29) is 6.03 Å². The van der Waals surface area contributed by atoms with E-state index in [4.69, 9.17) is 5.26 Å². The van der Waals surface area contributed by atoms with Crippen molar-refractivity contribution in [2.75, 3.05) is 18.4 Å². The lowest BCUT2D eigenvalue weighted by Gasteiger charge is -2.24. The largest absolute Gasteiger partial charge is 0.323 e. The maximum absolute atomic E-state index is 12.3. The average molecular weight is 270 g/mol. The van der Waals surface area contributed by atoms with Crippen LogP contribution in [0.1, 0.15) is 24.8 Å². The van der Waals surface area contributed by atoms with Crippen molar-refractivity contribution >= 4 is 11.7 Å². The van der Waals surface area contributed by atoms with Gasteiger partial charge in [0.05, 0.1) is 11.6 Å². The van der Waals surface area contributed by atoms with Gasteiger partial charge in [0.1, 0.15) is 0 Å². The molecule has 2 saturated heterocycles. The second-order valence-electron chi connectivity index (χ2n) is 5.50. The molecule has 1 aromatic carbocycles. The van der Waals surface area contributed by atoms with Crippen LogP contribution >= 0.6 is 0 Å². The van der Waals surface area contributed by atoms with E-state index in [0.29, 0.717) is 23.3 Å². The number of hydrogen-bond acceptors (Lipinski definition) is 3. The third kappa shape index (κ3) is 2.75. The molecule has 2 amide bonds. The molecular formula is C15H18N4O. The number of nitrogens with one attached hydrogen (secondary N) is 2. The molecule has 2 aliphatic heterocycles. The monoisotopic (exact) mass is 270 g/mol. The topological polar surface area (TPSA) is 68.2 Å². The van der Waals surface area contributed by atoms with Crippen LogP contribution in [0, 0.1) is 11.3 Å². The number of urea groups is 1. The second-order valence-corrected chi connectivity index (χ2v) is 5.50. The summed E-state index contributed by atoms with van der Waals surface area (Å²) in [5.41, 5.74) is 1.23. The molecule has 2 heterocycles. The third-order valence-corrected chi connectivity index (χ3v) is 4.05. The predicted octanol–water partition coefficient (Wildman–Crippen LogP) is 1.92. The van der Waals surface area contributed by atoms with Crippen LogP contribution in [-0.4, -0.2) is 36.1 Å². The normalized spacial score (nSPS) is 24.9. The molecule has 2 bridgehead atoms. The lowest BCUT2D eigenvalue weighted by Crippen LogP contribution is -2.41. The first-order valence-corrected chi connectivity index (χ1v) is 7.07. The SMILES string of the molecule is N#Cc1cccc(NC(=O)N2CCC3CCC(C2)N3)c1. The molecule has 1 aromatic rings. The van der Waals surface area contributed by atoms with Gasteiger partial charge in [-0.25, -0.2) is 4.79 Å². The Bertz CT molecular complexity index is 551. The van der Waals surface area contributed by atoms with Crippen molar-refractivity contribution in [1.29, 1.82) is 5.26 Å². The summed E-state index contributed by atoms with van der Waals surface area (Å²) in [7, 11) is 0. The Labute approximate surface area is 118 Å². The number of rotatable bonds is 1. The zero-order valence-electron chi connectivity index (χ0n) is 11.3. The van der Waals surface area contributed by atoms with Crippen LogP contribution in [0.25, 0.3) is 0 Å². The zero-order valence-corrected chi connectivity index (χ0v) is 11.3. The smallest absolute Gasteiger partial charge is 0.321 e. The summed E-state index contributed by atoms with van der Waals surface area (Å²) in [6, 6.07) is 10.0. The van der Waals surface area contributed by atoms with Crippen molar-refractivity contribution in [3.63, 3.8) is 0 Å². The highest BCUT2D eigenvalue weighted by atomic mass is 16.2. The highest BCUT2D eigenvalue weighted by Gasteiger charge is 2.31. The summed E-state index contributed by atoms with van der Waals surface area (Å²) < 4.78 is 0. The first-order chi connectivity index (χ1) is 9.74. The fraction of sp³-hybridized carbons (Fsp3) is 0.467. The summed E-state index contributed by atoms with van der Waals surface area (Å²) in [6.45, 7) is 1.55. The van der Waals surface area contributed by atoms with Crippen molar-refractivity contribution in [2.24, 2.45) is 0 Å². The Balaban J connectivity index is 1.65. The number of fused-ring (bicyclic) bond motifs is 2. The van der Waals surface area contributed by atoms with Crippen molar-refractivity contribution < 1.29 is 4.79 Å². The minimum absolute atomic E-state index is 0.0746. The minimum atomic E-state index is -0.0746. The van der Waals surface area contributed by atoms with Crippen LogP contribution < -0.4 is 10.6 Å². The highest BCUT2D eigenvalue weighted by Crippen LogP contribution is 2.21.